The number of benzene rings is 4. The first kappa shape index (κ1) is 18.4. The molecule has 0 radical (unpaired) electrons. The monoisotopic (exact) mass is 381 g/mol. The van der Waals surface area contributed by atoms with Crippen LogP contribution in [-0.2, 0) is 0 Å². The van der Waals surface area contributed by atoms with E-state index in [9.17, 15) is 4.39 Å². The van der Waals surface area contributed by atoms with Crippen LogP contribution in [0.15, 0.2) is 114 Å². The van der Waals surface area contributed by atoms with Crippen LogP contribution in [0.5, 0.6) is 0 Å². The maximum atomic E-state index is 13.0. The fourth-order valence-electron chi connectivity index (χ4n) is 3.02. The quantitative estimate of drug-likeness (QED) is 0.296. The van der Waals surface area contributed by atoms with Crippen molar-refractivity contribution >= 4 is 29.0 Å². The highest BCUT2D eigenvalue weighted by Gasteiger charge is 2.11. The Morgan fingerprint density at radius 2 is 1.14 bits per heavy atom. The largest absolute Gasteiger partial charge is 0.311 e. The van der Waals surface area contributed by atoms with Crippen LogP contribution in [0.3, 0.4) is 0 Å². The van der Waals surface area contributed by atoms with Gasteiger partial charge in [0.1, 0.15) is 5.82 Å². The first-order valence-electron chi connectivity index (χ1n) is 9.34. The van der Waals surface area contributed by atoms with Gasteiger partial charge < -0.3 is 4.90 Å². The molecule has 0 aliphatic rings. The summed E-state index contributed by atoms with van der Waals surface area (Å²) >= 11 is 0. The second kappa shape index (κ2) is 8.85. The Morgan fingerprint density at radius 3 is 1.69 bits per heavy atom. The number of nitrogens with one attached hydrogen (secondary N) is 1. The lowest BCUT2D eigenvalue weighted by Crippen LogP contribution is -2.09. The van der Waals surface area contributed by atoms with Gasteiger partial charge in [-0.1, -0.05) is 48.5 Å². The molecule has 4 aromatic carbocycles. The SMILES string of the molecule is Fc1ccc(NN=Cc2ccc(N(c3ccccc3)c3ccccc3)cc2)cc1. The molecule has 3 nitrogen and oxygen atoms in total. The van der Waals surface area contributed by atoms with E-state index in [4.69, 9.17) is 0 Å². The average molecular weight is 381 g/mol. The van der Waals surface area contributed by atoms with Gasteiger partial charge >= 0.3 is 0 Å². The standard InChI is InChI=1S/C25H20FN3/c26-21-13-15-22(16-14-21)28-27-19-20-11-17-25(18-12-20)29(23-7-3-1-4-8-23)24-9-5-2-6-10-24/h1-19,28H. The molecule has 0 unspecified atom stereocenters. The summed E-state index contributed by atoms with van der Waals surface area (Å²) in [5.74, 6) is -0.267. The van der Waals surface area contributed by atoms with E-state index < -0.39 is 0 Å². The van der Waals surface area contributed by atoms with E-state index in [1.165, 1.54) is 12.1 Å². The molecular weight excluding hydrogens is 361 g/mol. The molecule has 0 spiro atoms. The number of hydrogen-bond acceptors (Lipinski definition) is 3. The summed E-state index contributed by atoms with van der Waals surface area (Å²) in [7, 11) is 0. The summed E-state index contributed by atoms with van der Waals surface area (Å²) in [6.07, 6.45) is 1.74. The van der Waals surface area contributed by atoms with Crippen LogP contribution >= 0.6 is 0 Å². The molecule has 4 rings (SSSR count). The van der Waals surface area contributed by atoms with Gasteiger partial charge in [-0.2, -0.15) is 5.10 Å². The van der Waals surface area contributed by atoms with Gasteiger partial charge in [-0.05, 0) is 66.2 Å². The molecule has 0 amide bonds. The van der Waals surface area contributed by atoms with Crippen LogP contribution in [-0.4, -0.2) is 6.21 Å². The maximum absolute atomic E-state index is 13.0. The van der Waals surface area contributed by atoms with Gasteiger partial charge in [0.25, 0.3) is 0 Å². The van der Waals surface area contributed by atoms with Gasteiger partial charge in [-0.25, -0.2) is 4.39 Å². The summed E-state index contributed by atoms with van der Waals surface area (Å²) in [6, 6.07) is 34.8. The number of hydrogen-bond donors (Lipinski definition) is 1. The lowest BCUT2D eigenvalue weighted by molar-refractivity contribution is 0.628. The average Bonchev–Trinajstić information content (AvgIpc) is 2.78. The first-order valence-corrected chi connectivity index (χ1v) is 9.34. The van der Waals surface area contributed by atoms with Crippen molar-refractivity contribution in [3.8, 4) is 0 Å². The van der Waals surface area contributed by atoms with E-state index in [0.29, 0.717) is 0 Å². The molecule has 0 fully saturated rings. The van der Waals surface area contributed by atoms with Crippen molar-refractivity contribution in [1.29, 1.82) is 0 Å². The van der Waals surface area contributed by atoms with Crippen LogP contribution in [0, 0.1) is 5.82 Å². The number of hydrazone groups is 1. The molecule has 4 heteroatoms. The van der Waals surface area contributed by atoms with E-state index in [-0.39, 0.29) is 5.82 Å². The number of halogens is 1. The third kappa shape index (κ3) is 4.68. The smallest absolute Gasteiger partial charge is 0.123 e. The van der Waals surface area contributed by atoms with E-state index in [0.717, 1.165) is 28.3 Å². The Morgan fingerprint density at radius 1 is 0.621 bits per heavy atom. The summed E-state index contributed by atoms with van der Waals surface area (Å²) in [5, 5.41) is 4.22. The minimum atomic E-state index is -0.267. The molecule has 0 heterocycles. The first-order chi connectivity index (χ1) is 14.3. The highest BCUT2D eigenvalue weighted by molar-refractivity contribution is 5.83. The molecule has 0 saturated carbocycles. The third-order valence-corrected chi connectivity index (χ3v) is 4.43. The molecule has 0 aliphatic heterocycles. The van der Waals surface area contributed by atoms with Gasteiger partial charge in [0.05, 0.1) is 11.9 Å². The minimum absolute atomic E-state index is 0.267. The molecule has 29 heavy (non-hydrogen) atoms. The second-order valence-electron chi connectivity index (χ2n) is 6.47. The van der Waals surface area contributed by atoms with Gasteiger partial charge in [-0.15, -0.1) is 0 Å². The fourth-order valence-corrected chi connectivity index (χ4v) is 3.02. The summed E-state index contributed by atoms with van der Waals surface area (Å²) in [6.45, 7) is 0. The molecule has 0 bridgehead atoms. The summed E-state index contributed by atoms with van der Waals surface area (Å²) < 4.78 is 13.0. The molecule has 0 aliphatic carbocycles. The predicted molar refractivity (Wildman–Crippen MR) is 119 cm³/mol. The normalized spacial score (nSPS) is 10.8. The highest BCUT2D eigenvalue weighted by Crippen LogP contribution is 2.33. The molecular formula is C25H20FN3. The van der Waals surface area contributed by atoms with Crippen molar-refractivity contribution in [3.05, 3.63) is 121 Å². The lowest BCUT2D eigenvalue weighted by Gasteiger charge is -2.25. The zero-order chi connectivity index (χ0) is 19.9. The number of para-hydroxylation sites is 2. The van der Waals surface area contributed by atoms with E-state index in [1.807, 2.05) is 48.5 Å². The van der Waals surface area contributed by atoms with Crippen LogP contribution in [0.1, 0.15) is 5.56 Å². The molecule has 142 valence electrons. The summed E-state index contributed by atoms with van der Waals surface area (Å²) in [5.41, 5.74) is 7.85. The molecule has 0 aromatic heterocycles. The Hall–Kier alpha value is -3.92. The van der Waals surface area contributed by atoms with Crippen molar-refractivity contribution in [1.82, 2.24) is 0 Å². The molecule has 0 saturated heterocycles. The number of nitrogens with zero attached hydrogens (tertiary/aromatic N) is 2. The van der Waals surface area contributed by atoms with Crippen LogP contribution in [0.2, 0.25) is 0 Å². The number of rotatable bonds is 6. The third-order valence-electron chi connectivity index (χ3n) is 4.43. The van der Waals surface area contributed by atoms with Crippen molar-refractivity contribution < 1.29 is 4.39 Å². The van der Waals surface area contributed by atoms with Gasteiger partial charge in [0, 0.05) is 17.1 Å². The second-order valence-corrected chi connectivity index (χ2v) is 6.47. The van der Waals surface area contributed by atoms with Crippen molar-refractivity contribution in [2.45, 2.75) is 0 Å². The Labute approximate surface area is 169 Å². The predicted octanol–water partition coefficient (Wildman–Crippen LogP) is 6.74. The minimum Gasteiger partial charge on any atom is -0.311 e. The number of anilines is 4. The maximum Gasteiger partial charge on any atom is 0.123 e. The van der Waals surface area contributed by atoms with Crippen molar-refractivity contribution in [3.63, 3.8) is 0 Å². The van der Waals surface area contributed by atoms with Crippen molar-refractivity contribution in [2.75, 3.05) is 10.3 Å². The van der Waals surface area contributed by atoms with E-state index in [1.54, 1.807) is 18.3 Å². The van der Waals surface area contributed by atoms with E-state index >= 15 is 0 Å². The van der Waals surface area contributed by atoms with Gasteiger partial charge in [0.15, 0.2) is 0 Å². The fraction of sp³-hybridized carbons (Fsp3) is 0. The van der Waals surface area contributed by atoms with Gasteiger partial charge in [0.2, 0.25) is 0 Å². The summed E-state index contributed by atoms with van der Waals surface area (Å²) in [4.78, 5) is 2.21. The topological polar surface area (TPSA) is 27.6 Å². The Balaban J connectivity index is 1.54. The Bertz CT molecular complexity index is 1020. The van der Waals surface area contributed by atoms with Crippen LogP contribution in [0.25, 0.3) is 0 Å². The Kier molecular flexibility index (Phi) is 5.63. The zero-order valence-electron chi connectivity index (χ0n) is 15.7. The van der Waals surface area contributed by atoms with Gasteiger partial charge in [-0.3, -0.25) is 5.43 Å². The zero-order valence-corrected chi connectivity index (χ0v) is 15.7. The lowest BCUT2D eigenvalue weighted by atomic mass is 10.1. The highest BCUT2D eigenvalue weighted by atomic mass is 19.1. The van der Waals surface area contributed by atoms with Crippen LogP contribution in [0.4, 0.5) is 27.1 Å². The van der Waals surface area contributed by atoms with Crippen LogP contribution < -0.4 is 10.3 Å². The van der Waals surface area contributed by atoms with Crippen molar-refractivity contribution in [2.24, 2.45) is 5.10 Å². The molecule has 0 atom stereocenters. The molecule has 4 aromatic rings. The molecule has 1 N–H and O–H groups in total. The van der Waals surface area contributed by atoms with E-state index in [2.05, 4.69) is 51.8 Å².